The molecule has 4 aromatic rings. The first-order chi connectivity index (χ1) is 15.5. The van der Waals surface area contributed by atoms with Crippen LogP contribution in [0.4, 0.5) is 17.1 Å². The summed E-state index contributed by atoms with van der Waals surface area (Å²) in [6.45, 7) is 0. The van der Waals surface area contributed by atoms with Gasteiger partial charge in [0.2, 0.25) is 0 Å². The molecular formula is C22H15N3O6S2-2. The zero-order chi connectivity index (χ0) is 23.8. The first-order valence-corrected chi connectivity index (χ1v) is 12.2. The Morgan fingerprint density at radius 2 is 1.15 bits per heavy atom. The Bertz CT molecular complexity index is 1600. The van der Waals surface area contributed by atoms with E-state index in [9.17, 15) is 25.9 Å². The van der Waals surface area contributed by atoms with Crippen molar-refractivity contribution in [2.75, 3.05) is 5.73 Å². The standard InChI is InChI=1S/C22H17N3O6S2/c23-21-11-12-22(19-10-9-18(13-20(19)21)33(29,30)31)25-24-16-5-1-14(2-6-16)15-3-7-17(8-4-15)32(26,27)28/h1-13H,23H2,(H,26,27,28)(H,29,30,31)/p-2. The Kier molecular flexibility index (Phi) is 5.72. The van der Waals surface area contributed by atoms with E-state index in [4.69, 9.17) is 5.73 Å². The fourth-order valence-electron chi connectivity index (χ4n) is 3.22. The van der Waals surface area contributed by atoms with Crippen LogP contribution in [0.25, 0.3) is 21.9 Å². The Balaban J connectivity index is 1.61. The zero-order valence-electron chi connectivity index (χ0n) is 16.7. The van der Waals surface area contributed by atoms with E-state index in [1.807, 2.05) is 0 Å². The average Bonchev–Trinajstić information content (AvgIpc) is 2.78. The van der Waals surface area contributed by atoms with Gasteiger partial charge in [-0.15, -0.1) is 5.11 Å². The third-order valence-corrected chi connectivity index (χ3v) is 6.59. The first kappa shape index (κ1) is 22.6. The number of rotatable bonds is 5. The predicted molar refractivity (Wildman–Crippen MR) is 120 cm³/mol. The molecule has 0 aromatic heterocycles. The van der Waals surface area contributed by atoms with E-state index >= 15 is 0 Å². The summed E-state index contributed by atoms with van der Waals surface area (Å²) in [6, 6.07) is 19.6. The van der Waals surface area contributed by atoms with Crippen LogP contribution in [0, 0.1) is 0 Å². The summed E-state index contributed by atoms with van der Waals surface area (Å²) in [6.07, 6.45) is 0. The van der Waals surface area contributed by atoms with E-state index in [1.165, 1.54) is 42.5 Å². The number of hydrogen-bond donors (Lipinski definition) is 1. The summed E-state index contributed by atoms with van der Waals surface area (Å²) in [5.41, 5.74) is 8.70. The second kappa shape index (κ2) is 8.37. The van der Waals surface area contributed by atoms with Gasteiger partial charge in [-0.05, 0) is 59.7 Å². The second-order valence-electron chi connectivity index (χ2n) is 7.06. The number of azo groups is 1. The summed E-state index contributed by atoms with van der Waals surface area (Å²) >= 11 is 0. The highest BCUT2D eigenvalue weighted by Crippen LogP contribution is 2.33. The van der Waals surface area contributed by atoms with Crippen molar-refractivity contribution >= 4 is 48.1 Å². The van der Waals surface area contributed by atoms with Crippen LogP contribution in [-0.4, -0.2) is 25.9 Å². The number of nitrogens with zero attached hydrogens (tertiary/aromatic N) is 2. The Morgan fingerprint density at radius 3 is 1.73 bits per heavy atom. The van der Waals surface area contributed by atoms with Crippen molar-refractivity contribution in [3.8, 4) is 11.1 Å². The zero-order valence-corrected chi connectivity index (χ0v) is 18.4. The molecule has 0 radical (unpaired) electrons. The van der Waals surface area contributed by atoms with Gasteiger partial charge in [-0.2, -0.15) is 5.11 Å². The molecule has 0 aliphatic carbocycles. The van der Waals surface area contributed by atoms with Crippen LogP contribution in [0.3, 0.4) is 0 Å². The van der Waals surface area contributed by atoms with Gasteiger partial charge in [0.1, 0.15) is 20.2 Å². The summed E-state index contributed by atoms with van der Waals surface area (Å²) in [4.78, 5) is -0.681. The van der Waals surface area contributed by atoms with Gasteiger partial charge in [0.15, 0.2) is 0 Å². The van der Waals surface area contributed by atoms with E-state index in [-0.39, 0.29) is 9.79 Å². The maximum atomic E-state index is 11.3. The lowest BCUT2D eigenvalue weighted by atomic mass is 10.1. The number of nitrogens with two attached hydrogens (primary N) is 1. The minimum atomic E-state index is -4.62. The SMILES string of the molecule is Nc1ccc(N=Nc2ccc(-c3ccc(S(=O)(=O)[O-])cc3)cc2)c2ccc(S(=O)(=O)[O-])cc12. The highest BCUT2D eigenvalue weighted by atomic mass is 32.2. The Morgan fingerprint density at radius 1 is 0.606 bits per heavy atom. The molecule has 4 rings (SSSR count). The molecule has 0 fully saturated rings. The molecule has 0 aliphatic rings. The minimum absolute atomic E-state index is 0.299. The van der Waals surface area contributed by atoms with Gasteiger partial charge < -0.3 is 14.8 Å². The number of anilines is 1. The van der Waals surface area contributed by atoms with Gasteiger partial charge in [-0.25, -0.2) is 16.8 Å². The van der Waals surface area contributed by atoms with Crippen molar-refractivity contribution in [3.05, 3.63) is 78.9 Å². The highest BCUT2D eigenvalue weighted by molar-refractivity contribution is 7.86. The molecule has 11 heteroatoms. The molecule has 0 saturated carbocycles. The van der Waals surface area contributed by atoms with Crippen LogP contribution in [0.1, 0.15) is 0 Å². The fourth-order valence-corrected chi connectivity index (χ4v) is 4.19. The largest absolute Gasteiger partial charge is 0.744 e. The lowest BCUT2D eigenvalue weighted by Gasteiger charge is -2.10. The first-order valence-electron chi connectivity index (χ1n) is 9.39. The molecule has 4 aromatic carbocycles. The summed E-state index contributed by atoms with van der Waals surface area (Å²) < 4.78 is 67.0. The fraction of sp³-hybridized carbons (Fsp3) is 0. The molecule has 0 aliphatic heterocycles. The lowest BCUT2D eigenvalue weighted by Crippen LogP contribution is -1.98. The molecule has 33 heavy (non-hydrogen) atoms. The molecular weight excluding hydrogens is 466 g/mol. The van der Waals surface area contributed by atoms with Crippen LogP contribution in [0.15, 0.2) is 98.9 Å². The minimum Gasteiger partial charge on any atom is -0.744 e. The maximum absolute atomic E-state index is 11.3. The smallest absolute Gasteiger partial charge is 0.124 e. The molecule has 0 saturated heterocycles. The highest BCUT2D eigenvalue weighted by Gasteiger charge is 2.09. The number of fused-ring (bicyclic) bond motifs is 1. The van der Waals surface area contributed by atoms with Crippen molar-refractivity contribution in [1.29, 1.82) is 0 Å². The van der Waals surface area contributed by atoms with Crippen molar-refractivity contribution in [2.24, 2.45) is 10.2 Å². The molecule has 2 N–H and O–H groups in total. The number of nitrogen functional groups attached to an aromatic ring is 1. The van der Waals surface area contributed by atoms with Gasteiger partial charge in [0.05, 0.1) is 21.2 Å². The predicted octanol–water partition coefficient (Wildman–Crippen LogP) is 4.31. The third kappa shape index (κ3) is 4.91. The van der Waals surface area contributed by atoms with Gasteiger partial charge in [-0.1, -0.05) is 30.3 Å². The van der Waals surface area contributed by atoms with Crippen LogP contribution in [-0.2, 0) is 20.2 Å². The molecule has 0 atom stereocenters. The maximum Gasteiger partial charge on any atom is 0.124 e. The van der Waals surface area contributed by atoms with E-state index in [1.54, 1.807) is 36.4 Å². The summed E-state index contributed by atoms with van der Waals surface area (Å²) in [5, 5.41) is 9.33. The molecule has 0 spiro atoms. The Labute approximate surface area is 189 Å². The van der Waals surface area contributed by atoms with E-state index in [2.05, 4.69) is 10.2 Å². The molecule has 0 unspecified atom stereocenters. The third-order valence-electron chi connectivity index (χ3n) is 4.90. The van der Waals surface area contributed by atoms with Crippen LogP contribution < -0.4 is 5.73 Å². The lowest BCUT2D eigenvalue weighted by molar-refractivity contribution is 0.461. The summed E-state index contributed by atoms with van der Waals surface area (Å²) in [7, 11) is -9.12. The molecule has 168 valence electrons. The van der Waals surface area contributed by atoms with Crippen molar-refractivity contribution in [2.45, 2.75) is 9.79 Å². The van der Waals surface area contributed by atoms with E-state index < -0.39 is 20.2 Å². The van der Waals surface area contributed by atoms with Crippen LogP contribution >= 0.6 is 0 Å². The molecule has 0 bridgehead atoms. The van der Waals surface area contributed by atoms with Crippen molar-refractivity contribution in [3.63, 3.8) is 0 Å². The van der Waals surface area contributed by atoms with Gasteiger partial charge in [0, 0.05) is 16.5 Å². The quantitative estimate of drug-likeness (QED) is 0.252. The number of hydrogen-bond acceptors (Lipinski definition) is 9. The van der Waals surface area contributed by atoms with Crippen molar-refractivity contribution < 1.29 is 25.9 Å². The van der Waals surface area contributed by atoms with Crippen LogP contribution in [0.5, 0.6) is 0 Å². The van der Waals surface area contributed by atoms with Gasteiger partial charge in [-0.3, -0.25) is 0 Å². The van der Waals surface area contributed by atoms with E-state index in [0.717, 1.165) is 11.1 Å². The van der Waals surface area contributed by atoms with Gasteiger partial charge in [0.25, 0.3) is 0 Å². The second-order valence-corrected chi connectivity index (χ2v) is 9.82. The summed E-state index contributed by atoms with van der Waals surface area (Å²) in [5.74, 6) is 0. The molecule has 0 heterocycles. The number of benzene rings is 4. The molecule has 9 nitrogen and oxygen atoms in total. The average molecular weight is 482 g/mol. The monoisotopic (exact) mass is 481 g/mol. The van der Waals surface area contributed by atoms with Crippen LogP contribution in [0.2, 0.25) is 0 Å². The molecule has 0 amide bonds. The van der Waals surface area contributed by atoms with Crippen molar-refractivity contribution in [1.82, 2.24) is 0 Å². The van der Waals surface area contributed by atoms with E-state index in [0.29, 0.717) is 27.8 Å². The Hall–Kier alpha value is -3.64. The normalized spacial score (nSPS) is 12.4. The topological polar surface area (TPSA) is 165 Å². The van der Waals surface area contributed by atoms with Gasteiger partial charge >= 0.3 is 0 Å².